The third-order valence-electron chi connectivity index (χ3n) is 15.9. The van der Waals surface area contributed by atoms with Crippen molar-refractivity contribution in [1.82, 2.24) is 0 Å². The van der Waals surface area contributed by atoms with E-state index in [1.54, 1.807) is 0 Å². The fourth-order valence-electron chi connectivity index (χ4n) is 10.5. The summed E-state index contributed by atoms with van der Waals surface area (Å²) in [6, 6.07) is 0. The van der Waals surface area contributed by atoms with Crippen LogP contribution in [-0.4, -0.2) is 70.0 Å². The van der Waals surface area contributed by atoms with Crippen molar-refractivity contribution in [3.63, 3.8) is 0 Å². The van der Waals surface area contributed by atoms with Crippen molar-refractivity contribution in [2.75, 3.05) is 47.5 Å². The van der Waals surface area contributed by atoms with Gasteiger partial charge in [0, 0.05) is 12.8 Å². The smallest absolute Gasteiger partial charge is 0.306 e. The lowest BCUT2D eigenvalue weighted by Crippen LogP contribution is -2.37. The third-order valence-corrected chi connectivity index (χ3v) is 16.8. The van der Waals surface area contributed by atoms with Crippen LogP contribution in [0.3, 0.4) is 0 Å². The number of carbonyl (C=O) groups excluding carboxylic acids is 2. The molecule has 0 N–H and O–H groups in total. The van der Waals surface area contributed by atoms with E-state index in [4.69, 9.17) is 18.5 Å². The van der Waals surface area contributed by atoms with Crippen molar-refractivity contribution in [3.05, 3.63) is 48.6 Å². The van der Waals surface area contributed by atoms with Crippen LogP contribution in [0, 0.1) is 0 Å². The van der Waals surface area contributed by atoms with Crippen LogP contribution in [-0.2, 0) is 32.7 Å². The van der Waals surface area contributed by atoms with Gasteiger partial charge in [-0.3, -0.25) is 14.2 Å². The summed E-state index contributed by atoms with van der Waals surface area (Å²) in [4.78, 5) is 38.0. The summed E-state index contributed by atoms with van der Waals surface area (Å²) in [6.07, 6.45) is 82.3. The Bertz CT molecular complexity index is 1520. The van der Waals surface area contributed by atoms with E-state index < -0.39 is 26.5 Å². The molecule has 0 heterocycles. The maximum atomic E-state index is 12.8. The number of rotatable bonds is 66. The van der Waals surface area contributed by atoms with E-state index >= 15 is 0 Å². The van der Waals surface area contributed by atoms with Crippen LogP contribution >= 0.6 is 7.82 Å². The maximum absolute atomic E-state index is 12.8. The van der Waals surface area contributed by atoms with Crippen LogP contribution in [0.25, 0.3) is 0 Å². The van der Waals surface area contributed by atoms with Crippen LogP contribution in [0.5, 0.6) is 0 Å². The number of ether oxygens (including phenoxy) is 2. The zero-order valence-corrected chi connectivity index (χ0v) is 55.8. The first-order valence-corrected chi connectivity index (χ1v) is 36.8. The fourth-order valence-corrected chi connectivity index (χ4v) is 11.2. The number of unbranched alkanes of at least 4 members (excludes halogenated alkanes) is 44. The molecule has 9 nitrogen and oxygen atoms in total. The number of carbonyl (C=O) groups is 2. The first-order valence-electron chi connectivity index (χ1n) is 35.3. The Morgan fingerprint density at radius 2 is 0.695 bits per heavy atom. The Kier molecular flexibility index (Phi) is 61.9. The molecule has 0 aromatic rings. The van der Waals surface area contributed by atoms with Gasteiger partial charge in [0.1, 0.15) is 19.8 Å². The zero-order valence-electron chi connectivity index (χ0n) is 55.0. The van der Waals surface area contributed by atoms with Crippen LogP contribution < -0.4 is 4.89 Å². The second-order valence-electron chi connectivity index (χ2n) is 25.2. The summed E-state index contributed by atoms with van der Waals surface area (Å²) < 4.78 is 34.2. The molecule has 0 aliphatic heterocycles. The number of nitrogens with zero attached hydrogens (tertiary/aromatic N) is 1. The summed E-state index contributed by atoms with van der Waals surface area (Å²) in [6.45, 7) is 4.16. The summed E-state index contributed by atoms with van der Waals surface area (Å²) in [5.41, 5.74) is 0. The van der Waals surface area contributed by atoms with E-state index in [-0.39, 0.29) is 32.0 Å². The summed E-state index contributed by atoms with van der Waals surface area (Å²) >= 11 is 0. The topological polar surface area (TPSA) is 111 Å². The predicted octanol–water partition coefficient (Wildman–Crippen LogP) is 22.2. The standard InChI is InChI=1S/C72H136NO8P/c1-6-8-10-12-14-16-18-20-22-24-26-27-28-29-30-31-32-33-34-35-36-37-38-39-40-41-42-43-44-45-47-48-50-52-54-56-58-60-62-64-71(74)78-68-70(69-80-82(76,77)79-67-66-73(3,4)5)81-72(75)65-63-61-59-57-55-53-51-49-46-25-23-21-19-17-15-13-11-9-7-2/h9,11,15,17,21,23,46,49,70H,6-8,10,12-14,16,18-20,22,24-45,47-48,50-69H2,1-5H3/b11-9-,17-15-,23-21-,49-46-. The molecule has 82 heavy (non-hydrogen) atoms. The summed E-state index contributed by atoms with van der Waals surface area (Å²) in [7, 11) is 1.16. The van der Waals surface area contributed by atoms with Gasteiger partial charge in [-0.15, -0.1) is 0 Å². The van der Waals surface area contributed by atoms with Crippen molar-refractivity contribution in [1.29, 1.82) is 0 Å². The molecule has 0 aliphatic carbocycles. The SMILES string of the molecule is CC/C=C\C/C=C\C/C=C\C/C=C\CCCCCCCCC(=O)OC(COC(=O)CCCCCCCCCCCCCCCCCCCCCCCCCCCCCCCCCCCCCCCCC)COP(=O)([O-])OCC[N+](C)(C)C. The number of likely N-dealkylation sites (N-methyl/N-ethyl adjacent to an activating group) is 1. The molecule has 0 aliphatic rings. The van der Waals surface area contributed by atoms with Crippen LogP contribution in [0.1, 0.15) is 348 Å². The first-order chi connectivity index (χ1) is 40.0. The van der Waals surface area contributed by atoms with Gasteiger partial charge in [-0.2, -0.15) is 0 Å². The number of allylic oxidation sites excluding steroid dienone is 8. The highest BCUT2D eigenvalue weighted by Gasteiger charge is 2.22. The Labute approximate surface area is 509 Å². The van der Waals surface area contributed by atoms with E-state index in [0.717, 1.165) is 83.5 Å². The van der Waals surface area contributed by atoms with E-state index in [2.05, 4.69) is 62.5 Å². The molecule has 482 valence electrons. The first kappa shape index (κ1) is 80.0. The molecule has 0 rings (SSSR count). The van der Waals surface area contributed by atoms with Gasteiger partial charge in [0.15, 0.2) is 6.10 Å². The lowest BCUT2D eigenvalue weighted by Gasteiger charge is -2.28. The molecule has 0 saturated carbocycles. The number of phosphoric acid groups is 1. The molecular weight excluding hydrogens is 1040 g/mol. The third kappa shape index (κ3) is 67.1. The normalized spacial score (nSPS) is 13.4. The minimum atomic E-state index is -4.64. The number of hydrogen-bond acceptors (Lipinski definition) is 8. The molecule has 0 bridgehead atoms. The number of esters is 2. The van der Waals surface area contributed by atoms with Crippen molar-refractivity contribution >= 4 is 19.8 Å². The Hall–Kier alpha value is -2.03. The maximum Gasteiger partial charge on any atom is 0.306 e. The van der Waals surface area contributed by atoms with Gasteiger partial charge in [-0.05, 0) is 51.4 Å². The van der Waals surface area contributed by atoms with Gasteiger partial charge in [0.05, 0.1) is 27.7 Å². The van der Waals surface area contributed by atoms with Crippen molar-refractivity contribution in [2.45, 2.75) is 354 Å². The zero-order chi connectivity index (χ0) is 59.8. The van der Waals surface area contributed by atoms with Gasteiger partial charge >= 0.3 is 11.9 Å². The van der Waals surface area contributed by atoms with E-state index in [9.17, 15) is 19.0 Å². The van der Waals surface area contributed by atoms with Crippen LogP contribution in [0.4, 0.5) is 0 Å². The minimum absolute atomic E-state index is 0.0338. The van der Waals surface area contributed by atoms with Crippen LogP contribution in [0.2, 0.25) is 0 Å². The average molecular weight is 1170 g/mol. The lowest BCUT2D eigenvalue weighted by molar-refractivity contribution is -0.870. The van der Waals surface area contributed by atoms with E-state index in [0.29, 0.717) is 17.4 Å². The highest BCUT2D eigenvalue weighted by molar-refractivity contribution is 7.45. The lowest BCUT2D eigenvalue weighted by atomic mass is 10.0. The average Bonchev–Trinajstić information content (AvgIpc) is 3.46. The predicted molar refractivity (Wildman–Crippen MR) is 351 cm³/mol. The Balaban J connectivity index is 3.89. The number of quaternary nitrogens is 1. The Morgan fingerprint density at radius 1 is 0.390 bits per heavy atom. The molecule has 0 amide bonds. The second-order valence-corrected chi connectivity index (χ2v) is 26.6. The Morgan fingerprint density at radius 3 is 1.04 bits per heavy atom. The quantitative estimate of drug-likeness (QED) is 0.0195. The molecule has 0 spiro atoms. The molecule has 0 saturated heterocycles. The molecule has 0 radical (unpaired) electrons. The number of hydrogen-bond donors (Lipinski definition) is 0. The monoisotopic (exact) mass is 1170 g/mol. The molecule has 10 heteroatoms. The minimum Gasteiger partial charge on any atom is -0.756 e. The van der Waals surface area contributed by atoms with Crippen molar-refractivity contribution in [3.8, 4) is 0 Å². The van der Waals surface area contributed by atoms with Crippen molar-refractivity contribution in [2.24, 2.45) is 0 Å². The largest absolute Gasteiger partial charge is 0.756 e. The van der Waals surface area contributed by atoms with Gasteiger partial charge < -0.3 is 27.9 Å². The van der Waals surface area contributed by atoms with E-state index in [1.807, 2.05) is 21.1 Å². The van der Waals surface area contributed by atoms with Crippen LogP contribution in [0.15, 0.2) is 48.6 Å². The molecular formula is C72H136NO8P. The molecule has 0 aromatic carbocycles. The fraction of sp³-hybridized carbons (Fsp3) is 0.861. The highest BCUT2D eigenvalue weighted by Crippen LogP contribution is 2.38. The number of phosphoric ester groups is 1. The molecule has 2 atom stereocenters. The van der Waals surface area contributed by atoms with E-state index in [1.165, 1.54) is 231 Å². The summed E-state index contributed by atoms with van der Waals surface area (Å²) in [5.74, 6) is -0.836. The van der Waals surface area contributed by atoms with Gasteiger partial charge in [-0.25, -0.2) is 0 Å². The summed E-state index contributed by atoms with van der Waals surface area (Å²) in [5, 5.41) is 0. The van der Waals surface area contributed by atoms with Crippen molar-refractivity contribution < 1.29 is 42.1 Å². The molecule has 0 aromatic heterocycles. The highest BCUT2D eigenvalue weighted by atomic mass is 31.2. The van der Waals surface area contributed by atoms with Gasteiger partial charge in [-0.1, -0.05) is 332 Å². The van der Waals surface area contributed by atoms with Gasteiger partial charge in [0.2, 0.25) is 0 Å². The molecule has 0 fully saturated rings. The van der Waals surface area contributed by atoms with Gasteiger partial charge in [0.25, 0.3) is 7.82 Å². The second kappa shape index (κ2) is 63.5. The molecule has 2 unspecified atom stereocenters.